The van der Waals surface area contributed by atoms with Crippen molar-refractivity contribution in [2.75, 3.05) is 25.1 Å². The van der Waals surface area contributed by atoms with Gasteiger partial charge in [0.1, 0.15) is 0 Å². The Labute approximate surface area is 118 Å². The number of benzene rings is 1. The van der Waals surface area contributed by atoms with E-state index in [1.54, 1.807) is 12.1 Å². The van der Waals surface area contributed by atoms with Crippen molar-refractivity contribution in [3.63, 3.8) is 0 Å². The molecule has 1 heterocycles. The molecule has 0 bridgehead atoms. The SMILES string of the molecule is COc1cc(N2CCC(C(C)O)CC2)ccc1[N+](=O)[O-]. The number of nitro groups is 1. The van der Waals surface area contributed by atoms with Crippen molar-refractivity contribution in [2.24, 2.45) is 5.92 Å². The minimum Gasteiger partial charge on any atom is -0.490 e. The standard InChI is InChI=1S/C14H20N2O4/c1-10(17)11-5-7-15(8-6-11)12-3-4-13(16(18)19)14(9-12)20-2/h3-4,9-11,17H,5-8H2,1-2H3. The predicted molar refractivity (Wildman–Crippen MR) is 76.3 cm³/mol. The number of methoxy groups -OCH3 is 1. The highest BCUT2D eigenvalue weighted by molar-refractivity contribution is 5.59. The van der Waals surface area contributed by atoms with Gasteiger partial charge in [0.25, 0.3) is 0 Å². The van der Waals surface area contributed by atoms with Crippen LogP contribution in [0.25, 0.3) is 0 Å². The van der Waals surface area contributed by atoms with Crippen LogP contribution in [-0.2, 0) is 0 Å². The minimum atomic E-state index is -0.442. The predicted octanol–water partition coefficient (Wildman–Crippen LogP) is 2.20. The Bertz CT molecular complexity index is 482. The first-order valence-corrected chi connectivity index (χ1v) is 6.78. The molecule has 0 saturated carbocycles. The first-order valence-electron chi connectivity index (χ1n) is 6.78. The van der Waals surface area contributed by atoms with E-state index in [2.05, 4.69) is 4.90 Å². The fourth-order valence-corrected chi connectivity index (χ4v) is 2.65. The van der Waals surface area contributed by atoms with E-state index in [-0.39, 0.29) is 17.5 Å². The summed E-state index contributed by atoms with van der Waals surface area (Å²) in [5.74, 6) is 0.622. The van der Waals surface area contributed by atoms with E-state index in [9.17, 15) is 15.2 Å². The molecule has 0 aliphatic carbocycles. The summed E-state index contributed by atoms with van der Waals surface area (Å²) in [4.78, 5) is 12.6. The lowest BCUT2D eigenvalue weighted by molar-refractivity contribution is -0.385. The topological polar surface area (TPSA) is 75.8 Å². The first kappa shape index (κ1) is 14.6. The number of nitro benzene ring substituents is 1. The van der Waals surface area contributed by atoms with Gasteiger partial charge in [0.15, 0.2) is 5.75 Å². The minimum absolute atomic E-state index is 0.0184. The second kappa shape index (κ2) is 6.09. The molecule has 1 aliphatic heterocycles. The largest absolute Gasteiger partial charge is 0.490 e. The molecule has 6 nitrogen and oxygen atoms in total. The quantitative estimate of drug-likeness (QED) is 0.676. The number of ether oxygens (including phenoxy) is 1. The van der Waals surface area contributed by atoms with E-state index >= 15 is 0 Å². The molecule has 1 N–H and O–H groups in total. The van der Waals surface area contributed by atoms with Gasteiger partial charge in [-0.3, -0.25) is 10.1 Å². The summed E-state index contributed by atoms with van der Waals surface area (Å²) in [5.41, 5.74) is 0.909. The van der Waals surface area contributed by atoms with E-state index in [1.807, 2.05) is 6.92 Å². The Kier molecular flexibility index (Phi) is 4.44. The van der Waals surface area contributed by atoms with Gasteiger partial charge in [0.2, 0.25) is 0 Å². The zero-order valence-electron chi connectivity index (χ0n) is 11.8. The Morgan fingerprint density at radius 2 is 2.10 bits per heavy atom. The lowest BCUT2D eigenvalue weighted by atomic mass is 9.92. The molecule has 0 spiro atoms. The van der Waals surface area contributed by atoms with Crippen molar-refractivity contribution in [3.8, 4) is 5.75 Å². The third-order valence-electron chi connectivity index (χ3n) is 3.95. The normalized spacial score (nSPS) is 17.9. The summed E-state index contributed by atoms with van der Waals surface area (Å²) in [6, 6.07) is 4.94. The van der Waals surface area contributed by atoms with Crippen molar-refractivity contribution in [3.05, 3.63) is 28.3 Å². The highest BCUT2D eigenvalue weighted by Gasteiger charge is 2.24. The molecule has 1 unspecified atom stereocenters. The van der Waals surface area contributed by atoms with Gasteiger partial charge in [-0.05, 0) is 31.7 Å². The molecule has 0 aromatic heterocycles. The number of hydrogen-bond donors (Lipinski definition) is 1. The maximum absolute atomic E-state index is 10.9. The highest BCUT2D eigenvalue weighted by Crippen LogP contribution is 2.33. The molecule has 1 fully saturated rings. The summed E-state index contributed by atoms with van der Waals surface area (Å²) < 4.78 is 5.09. The number of nitrogens with zero attached hydrogens (tertiary/aromatic N) is 2. The van der Waals surface area contributed by atoms with Crippen LogP contribution in [0.2, 0.25) is 0 Å². The van der Waals surface area contributed by atoms with Crippen molar-refractivity contribution in [2.45, 2.75) is 25.9 Å². The van der Waals surface area contributed by atoms with Gasteiger partial charge < -0.3 is 14.7 Å². The lowest BCUT2D eigenvalue weighted by Crippen LogP contribution is -2.37. The van der Waals surface area contributed by atoms with Crippen LogP contribution in [0.3, 0.4) is 0 Å². The summed E-state index contributed by atoms with van der Waals surface area (Å²) in [5, 5.41) is 20.5. The van der Waals surface area contributed by atoms with Crippen LogP contribution < -0.4 is 9.64 Å². The van der Waals surface area contributed by atoms with Gasteiger partial charge in [0.05, 0.1) is 18.1 Å². The number of aliphatic hydroxyl groups excluding tert-OH is 1. The van der Waals surface area contributed by atoms with E-state index < -0.39 is 4.92 Å². The van der Waals surface area contributed by atoms with Crippen LogP contribution >= 0.6 is 0 Å². The Balaban J connectivity index is 2.12. The zero-order valence-corrected chi connectivity index (χ0v) is 11.8. The average molecular weight is 280 g/mol. The molecule has 1 atom stereocenters. The van der Waals surface area contributed by atoms with E-state index in [1.165, 1.54) is 13.2 Å². The number of anilines is 1. The highest BCUT2D eigenvalue weighted by atomic mass is 16.6. The molecule has 1 aromatic carbocycles. The van der Waals surface area contributed by atoms with Crippen LogP contribution in [0.5, 0.6) is 5.75 Å². The summed E-state index contributed by atoms with van der Waals surface area (Å²) in [6.45, 7) is 3.52. The fraction of sp³-hybridized carbons (Fsp3) is 0.571. The van der Waals surface area contributed by atoms with E-state index in [0.717, 1.165) is 31.6 Å². The van der Waals surface area contributed by atoms with Crippen LogP contribution in [0.4, 0.5) is 11.4 Å². The van der Waals surface area contributed by atoms with Crippen LogP contribution in [0, 0.1) is 16.0 Å². The molecule has 20 heavy (non-hydrogen) atoms. The maximum Gasteiger partial charge on any atom is 0.311 e. The van der Waals surface area contributed by atoms with Crippen LogP contribution in [0.15, 0.2) is 18.2 Å². The van der Waals surface area contributed by atoms with Gasteiger partial charge in [-0.15, -0.1) is 0 Å². The number of piperidine rings is 1. The number of hydrogen-bond acceptors (Lipinski definition) is 5. The Morgan fingerprint density at radius 1 is 1.45 bits per heavy atom. The van der Waals surface area contributed by atoms with Crippen LogP contribution in [-0.4, -0.2) is 36.3 Å². The third-order valence-corrected chi connectivity index (χ3v) is 3.95. The molecule has 6 heteroatoms. The molecule has 1 saturated heterocycles. The summed E-state index contributed by atoms with van der Waals surface area (Å²) in [7, 11) is 1.44. The lowest BCUT2D eigenvalue weighted by Gasteiger charge is -2.34. The second-order valence-corrected chi connectivity index (χ2v) is 5.18. The van der Waals surface area contributed by atoms with Crippen molar-refractivity contribution in [1.29, 1.82) is 0 Å². The summed E-state index contributed by atoms with van der Waals surface area (Å²) in [6.07, 6.45) is 1.58. The van der Waals surface area contributed by atoms with Gasteiger partial charge in [0, 0.05) is 30.9 Å². The van der Waals surface area contributed by atoms with Gasteiger partial charge >= 0.3 is 5.69 Å². The molecular weight excluding hydrogens is 260 g/mol. The van der Waals surface area contributed by atoms with Gasteiger partial charge in [-0.25, -0.2) is 0 Å². The summed E-state index contributed by atoms with van der Waals surface area (Å²) >= 11 is 0. The van der Waals surface area contributed by atoms with E-state index in [4.69, 9.17) is 4.74 Å². The third kappa shape index (κ3) is 3.01. The average Bonchev–Trinajstić information content (AvgIpc) is 2.46. The molecule has 2 rings (SSSR count). The molecule has 1 aliphatic rings. The van der Waals surface area contributed by atoms with Crippen LogP contribution in [0.1, 0.15) is 19.8 Å². The molecular formula is C14H20N2O4. The Hall–Kier alpha value is -1.82. The van der Waals surface area contributed by atoms with Crippen molar-refractivity contribution >= 4 is 11.4 Å². The van der Waals surface area contributed by atoms with Crippen molar-refractivity contribution in [1.82, 2.24) is 0 Å². The smallest absolute Gasteiger partial charge is 0.311 e. The second-order valence-electron chi connectivity index (χ2n) is 5.18. The molecule has 1 aromatic rings. The maximum atomic E-state index is 10.9. The number of rotatable bonds is 4. The van der Waals surface area contributed by atoms with Gasteiger partial charge in [-0.2, -0.15) is 0 Å². The van der Waals surface area contributed by atoms with E-state index in [0.29, 0.717) is 5.92 Å². The van der Waals surface area contributed by atoms with Gasteiger partial charge in [-0.1, -0.05) is 0 Å². The van der Waals surface area contributed by atoms with Crippen molar-refractivity contribution < 1.29 is 14.8 Å². The zero-order chi connectivity index (χ0) is 14.7. The fourth-order valence-electron chi connectivity index (χ4n) is 2.65. The molecule has 0 amide bonds. The molecule has 0 radical (unpaired) electrons. The Morgan fingerprint density at radius 3 is 2.60 bits per heavy atom. The molecule has 110 valence electrons. The monoisotopic (exact) mass is 280 g/mol. The number of aliphatic hydroxyl groups is 1. The first-order chi connectivity index (χ1) is 9.52.